The molecular formula is C19H12ClF3N4O. The van der Waals surface area contributed by atoms with Gasteiger partial charge < -0.3 is 10.3 Å². The first-order valence-electron chi connectivity index (χ1n) is 8.19. The Hall–Kier alpha value is -3.13. The van der Waals surface area contributed by atoms with Crippen LogP contribution in [0.3, 0.4) is 0 Å². The van der Waals surface area contributed by atoms with Crippen molar-refractivity contribution in [2.45, 2.75) is 12.2 Å². The van der Waals surface area contributed by atoms with E-state index in [1.54, 1.807) is 6.07 Å². The molecule has 3 aromatic heterocycles. The van der Waals surface area contributed by atoms with Crippen LogP contribution in [-0.2, 0) is 0 Å². The second-order valence-corrected chi connectivity index (χ2v) is 6.50. The van der Waals surface area contributed by atoms with Crippen LogP contribution in [-0.4, -0.2) is 21.1 Å². The summed E-state index contributed by atoms with van der Waals surface area (Å²) >= 11 is 6.01. The maximum atomic E-state index is 13.8. The highest BCUT2D eigenvalue weighted by Crippen LogP contribution is 2.39. The Balaban J connectivity index is 1.95. The summed E-state index contributed by atoms with van der Waals surface area (Å²) in [5, 5.41) is 3.47. The maximum absolute atomic E-state index is 13.8. The van der Waals surface area contributed by atoms with Crippen LogP contribution in [0.2, 0.25) is 5.02 Å². The van der Waals surface area contributed by atoms with Crippen LogP contribution in [0.25, 0.3) is 21.7 Å². The molecule has 4 aromatic rings. The van der Waals surface area contributed by atoms with E-state index in [0.717, 1.165) is 0 Å². The Kier molecular flexibility index (Phi) is 4.43. The first-order valence-corrected chi connectivity index (χ1v) is 8.57. The maximum Gasteiger partial charge on any atom is 0.412 e. The van der Waals surface area contributed by atoms with Gasteiger partial charge in [-0.2, -0.15) is 13.2 Å². The van der Waals surface area contributed by atoms with E-state index in [4.69, 9.17) is 11.6 Å². The van der Waals surface area contributed by atoms with Crippen molar-refractivity contribution in [3.05, 3.63) is 75.9 Å². The number of pyridine rings is 3. The molecule has 0 aliphatic rings. The molecule has 28 heavy (non-hydrogen) atoms. The molecule has 0 radical (unpaired) electrons. The van der Waals surface area contributed by atoms with Crippen molar-refractivity contribution in [2.75, 3.05) is 5.32 Å². The second-order valence-electron chi connectivity index (χ2n) is 6.09. The number of nitrogens with one attached hydrogen (secondary N) is 2. The molecule has 0 saturated heterocycles. The smallest absolute Gasteiger partial charge is 0.354 e. The van der Waals surface area contributed by atoms with Gasteiger partial charge in [-0.1, -0.05) is 29.8 Å². The number of rotatable bonds is 3. The van der Waals surface area contributed by atoms with E-state index >= 15 is 0 Å². The van der Waals surface area contributed by atoms with Gasteiger partial charge in [0.05, 0.1) is 10.9 Å². The van der Waals surface area contributed by atoms with Gasteiger partial charge >= 0.3 is 6.18 Å². The zero-order valence-electron chi connectivity index (χ0n) is 14.1. The summed E-state index contributed by atoms with van der Waals surface area (Å²) in [5.74, 6) is -0.0160. The SMILES string of the molecule is O=c1[nH]ccc2nc(NC(c3ccccc3Cl)C(F)(F)F)c3ccncc3c12. The highest BCUT2D eigenvalue weighted by atomic mass is 35.5. The molecule has 0 saturated carbocycles. The third-order valence-electron chi connectivity index (χ3n) is 4.34. The Morgan fingerprint density at radius 2 is 1.89 bits per heavy atom. The molecule has 0 amide bonds. The Morgan fingerprint density at radius 1 is 1.11 bits per heavy atom. The lowest BCUT2D eigenvalue weighted by Crippen LogP contribution is -2.28. The second kappa shape index (κ2) is 6.79. The molecule has 1 atom stereocenters. The molecular weight excluding hydrogens is 393 g/mol. The molecule has 3 heterocycles. The molecule has 2 N–H and O–H groups in total. The molecule has 0 aliphatic heterocycles. The van der Waals surface area contributed by atoms with Crippen molar-refractivity contribution < 1.29 is 13.2 Å². The van der Waals surface area contributed by atoms with Crippen molar-refractivity contribution in [3.8, 4) is 0 Å². The number of alkyl halides is 3. The van der Waals surface area contributed by atoms with Gasteiger partial charge in [0.1, 0.15) is 5.82 Å². The molecule has 0 spiro atoms. The largest absolute Gasteiger partial charge is 0.412 e. The van der Waals surface area contributed by atoms with Crippen LogP contribution in [0.5, 0.6) is 0 Å². The molecule has 9 heteroatoms. The average molecular weight is 405 g/mol. The van der Waals surface area contributed by atoms with Crippen molar-refractivity contribution in [1.29, 1.82) is 0 Å². The summed E-state index contributed by atoms with van der Waals surface area (Å²) in [6.07, 6.45) is -0.387. The van der Waals surface area contributed by atoms with Gasteiger partial charge in [0.2, 0.25) is 0 Å². The molecule has 0 fully saturated rings. The number of anilines is 1. The highest BCUT2D eigenvalue weighted by Gasteiger charge is 2.42. The van der Waals surface area contributed by atoms with E-state index in [9.17, 15) is 18.0 Å². The van der Waals surface area contributed by atoms with E-state index in [1.165, 1.54) is 48.9 Å². The van der Waals surface area contributed by atoms with Crippen LogP contribution in [0.15, 0.2) is 59.8 Å². The zero-order chi connectivity index (χ0) is 19.9. The summed E-state index contributed by atoms with van der Waals surface area (Å²) in [5.41, 5.74) is -0.258. The van der Waals surface area contributed by atoms with Gasteiger partial charge in [-0.05, 0) is 18.2 Å². The standard InChI is InChI=1S/C19H12ClF3N4O/c20-13-4-2-1-3-11(13)16(19(21,22)23)27-17-10-5-7-24-9-12(10)15-14(26-17)6-8-25-18(15)28/h1-9,16H,(H,25,28)(H,26,27). The highest BCUT2D eigenvalue weighted by molar-refractivity contribution is 6.31. The number of aromatic nitrogens is 3. The fraction of sp³-hybridized carbons (Fsp3) is 0.105. The van der Waals surface area contributed by atoms with Crippen LogP contribution >= 0.6 is 11.6 Å². The van der Waals surface area contributed by atoms with Crippen LogP contribution < -0.4 is 10.9 Å². The summed E-state index contributed by atoms with van der Waals surface area (Å²) in [4.78, 5) is 23.0. The van der Waals surface area contributed by atoms with Gasteiger partial charge in [0, 0.05) is 39.9 Å². The fourth-order valence-electron chi connectivity index (χ4n) is 3.09. The number of aromatic amines is 1. The predicted molar refractivity (Wildman–Crippen MR) is 102 cm³/mol. The summed E-state index contributed by atoms with van der Waals surface area (Å²) in [7, 11) is 0. The first kappa shape index (κ1) is 18.2. The number of nitrogens with zero attached hydrogens (tertiary/aromatic N) is 2. The Morgan fingerprint density at radius 3 is 2.64 bits per heavy atom. The lowest BCUT2D eigenvalue weighted by Gasteiger charge is -2.24. The lowest BCUT2D eigenvalue weighted by molar-refractivity contribution is -0.144. The fourth-order valence-corrected chi connectivity index (χ4v) is 3.34. The molecule has 5 nitrogen and oxygen atoms in total. The van der Waals surface area contributed by atoms with Gasteiger partial charge in [0.25, 0.3) is 5.56 Å². The third-order valence-corrected chi connectivity index (χ3v) is 4.69. The quantitative estimate of drug-likeness (QED) is 0.479. The van der Waals surface area contributed by atoms with Gasteiger partial charge in [-0.3, -0.25) is 9.78 Å². The van der Waals surface area contributed by atoms with Crippen LogP contribution in [0.1, 0.15) is 11.6 Å². The van der Waals surface area contributed by atoms with E-state index < -0.39 is 17.8 Å². The lowest BCUT2D eigenvalue weighted by atomic mass is 10.1. The van der Waals surface area contributed by atoms with Crippen molar-refractivity contribution >= 4 is 39.1 Å². The minimum atomic E-state index is -4.63. The van der Waals surface area contributed by atoms with E-state index in [2.05, 4.69) is 20.3 Å². The zero-order valence-corrected chi connectivity index (χ0v) is 14.8. The van der Waals surface area contributed by atoms with Gasteiger partial charge in [0.15, 0.2) is 6.04 Å². The average Bonchev–Trinajstić information content (AvgIpc) is 2.66. The minimum Gasteiger partial charge on any atom is -0.354 e. The number of H-pyrrole nitrogens is 1. The van der Waals surface area contributed by atoms with Gasteiger partial charge in [-0.25, -0.2) is 4.98 Å². The van der Waals surface area contributed by atoms with Crippen molar-refractivity contribution in [1.82, 2.24) is 15.0 Å². The van der Waals surface area contributed by atoms with Gasteiger partial charge in [-0.15, -0.1) is 0 Å². The summed E-state index contributed by atoms with van der Waals surface area (Å²) in [6.45, 7) is 0. The molecule has 1 aromatic carbocycles. The topological polar surface area (TPSA) is 70.7 Å². The number of hydrogen-bond donors (Lipinski definition) is 2. The molecule has 142 valence electrons. The van der Waals surface area contributed by atoms with E-state index in [1.807, 2.05) is 0 Å². The van der Waals surface area contributed by atoms with E-state index in [-0.39, 0.29) is 27.3 Å². The third kappa shape index (κ3) is 3.16. The number of halogens is 4. The van der Waals surface area contributed by atoms with Crippen LogP contribution in [0, 0.1) is 0 Å². The molecule has 0 bridgehead atoms. The first-order chi connectivity index (χ1) is 13.4. The Labute approximate surface area is 161 Å². The predicted octanol–water partition coefficient (Wildman–Crippen LogP) is 4.84. The normalized spacial score (nSPS) is 13.0. The van der Waals surface area contributed by atoms with Crippen LogP contribution in [0.4, 0.5) is 19.0 Å². The summed E-state index contributed by atoms with van der Waals surface area (Å²) < 4.78 is 41.5. The van der Waals surface area contributed by atoms with Crippen molar-refractivity contribution in [2.24, 2.45) is 0 Å². The molecule has 0 aliphatic carbocycles. The van der Waals surface area contributed by atoms with Crippen molar-refractivity contribution in [3.63, 3.8) is 0 Å². The number of benzene rings is 1. The number of fused-ring (bicyclic) bond motifs is 3. The minimum absolute atomic E-state index is 0.0134. The monoisotopic (exact) mass is 404 g/mol. The molecule has 4 rings (SSSR count). The number of hydrogen-bond acceptors (Lipinski definition) is 4. The van der Waals surface area contributed by atoms with E-state index in [0.29, 0.717) is 10.8 Å². The summed E-state index contributed by atoms with van der Waals surface area (Å²) in [6, 6.07) is 6.70. The Bertz CT molecular complexity index is 1240. The molecule has 1 unspecified atom stereocenters.